The third kappa shape index (κ3) is 5.71. The Bertz CT molecular complexity index is 703. The number of nitrogens with two attached hydrogens (primary N) is 1. The molecule has 1 aromatic rings. The van der Waals surface area contributed by atoms with E-state index < -0.39 is 10.8 Å². The van der Waals surface area contributed by atoms with Gasteiger partial charge in [-0.05, 0) is 48.8 Å². The number of fused-ring (bicyclic) bond motifs is 2. The first-order chi connectivity index (χ1) is 13.5. The van der Waals surface area contributed by atoms with Gasteiger partial charge in [0, 0.05) is 29.6 Å². The van der Waals surface area contributed by atoms with E-state index in [1.165, 1.54) is 44.9 Å². The molecule has 3 rings (SSSR count). The van der Waals surface area contributed by atoms with E-state index in [1.807, 2.05) is 0 Å². The average molecular weight is 427 g/mol. The Morgan fingerprint density at radius 1 is 1.29 bits per heavy atom. The molecule has 1 amide bonds. The van der Waals surface area contributed by atoms with Crippen molar-refractivity contribution in [3.05, 3.63) is 28.8 Å². The molecule has 156 valence electrons. The summed E-state index contributed by atoms with van der Waals surface area (Å²) in [4.78, 5) is 12.8. The predicted molar refractivity (Wildman–Crippen MR) is 114 cm³/mol. The first-order valence-corrected chi connectivity index (χ1v) is 12.1. The van der Waals surface area contributed by atoms with Crippen LogP contribution in [0.2, 0.25) is 5.02 Å². The summed E-state index contributed by atoms with van der Waals surface area (Å²) in [7, 11) is -0.977. The number of amides is 1. The molecular formula is C21H31ClN2O3S. The fourth-order valence-electron chi connectivity index (χ4n) is 4.69. The van der Waals surface area contributed by atoms with Gasteiger partial charge in [0.25, 0.3) is 5.91 Å². The van der Waals surface area contributed by atoms with Crippen molar-refractivity contribution in [3.63, 3.8) is 0 Å². The Hall–Kier alpha value is -1.11. The summed E-state index contributed by atoms with van der Waals surface area (Å²) in [6.07, 6.45) is 8.89. The monoisotopic (exact) mass is 426 g/mol. The van der Waals surface area contributed by atoms with Gasteiger partial charge < -0.3 is 15.8 Å². The molecule has 2 bridgehead atoms. The molecule has 5 nitrogen and oxygen atoms in total. The number of halogens is 1. The number of ether oxygens (including phenoxy) is 1. The first-order valence-electron chi connectivity index (χ1n) is 10.3. The van der Waals surface area contributed by atoms with E-state index in [1.54, 1.807) is 18.2 Å². The van der Waals surface area contributed by atoms with E-state index in [-0.39, 0.29) is 11.3 Å². The Morgan fingerprint density at radius 3 is 2.75 bits per heavy atom. The molecule has 0 heterocycles. The molecule has 1 unspecified atom stereocenters. The normalized spacial score (nSPS) is 25.1. The van der Waals surface area contributed by atoms with Gasteiger partial charge in [0.1, 0.15) is 5.75 Å². The number of carbonyl (C=O) groups excluding carboxylic acids is 1. The van der Waals surface area contributed by atoms with Crippen LogP contribution < -0.4 is 15.8 Å². The summed E-state index contributed by atoms with van der Waals surface area (Å²) in [6.45, 7) is 1.45. The van der Waals surface area contributed by atoms with Crippen LogP contribution in [0, 0.1) is 11.3 Å². The molecule has 0 saturated heterocycles. The summed E-state index contributed by atoms with van der Waals surface area (Å²) < 4.78 is 17.3. The fourth-order valence-corrected chi connectivity index (χ4v) is 5.63. The van der Waals surface area contributed by atoms with E-state index in [9.17, 15) is 9.00 Å². The molecule has 3 N–H and O–H groups in total. The van der Waals surface area contributed by atoms with Crippen LogP contribution >= 0.6 is 11.6 Å². The summed E-state index contributed by atoms with van der Waals surface area (Å²) in [5.41, 5.74) is 6.10. The lowest BCUT2D eigenvalue weighted by Gasteiger charge is -2.45. The standard InChI is InChI=1S/C21H31ClN2O3S/c22-19-6-5-17(27-10-12-28(26)11-9-23)13-18(19)20(25)24-15-21-7-1-3-16(14-21)4-2-8-21/h5-6,13,16H,1-4,7-12,14-15,23H2,(H,24,25). The van der Waals surface area contributed by atoms with E-state index in [2.05, 4.69) is 5.32 Å². The quantitative estimate of drug-likeness (QED) is 0.633. The van der Waals surface area contributed by atoms with Gasteiger partial charge in [-0.3, -0.25) is 9.00 Å². The van der Waals surface area contributed by atoms with Crippen molar-refractivity contribution in [1.82, 2.24) is 5.32 Å². The Kier molecular flexibility index (Phi) is 7.77. The molecular weight excluding hydrogens is 396 g/mol. The zero-order chi connectivity index (χ0) is 20.0. The molecule has 7 heteroatoms. The van der Waals surface area contributed by atoms with E-state index in [0.29, 0.717) is 41.0 Å². The zero-order valence-electron chi connectivity index (χ0n) is 16.4. The summed E-state index contributed by atoms with van der Waals surface area (Å²) in [5.74, 6) is 2.15. The maximum absolute atomic E-state index is 12.8. The highest BCUT2D eigenvalue weighted by Crippen LogP contribution is 2.48. The van der Waals surface area contributed by atoms with Crippen molar-refractivity contribution in [2.45, 2.75) is 44.9 Å². The van der Waals surface area contributed by atoms with Gasteiger partial charge >= 0.3 is 0 Å². The number of rotatable bonds is 9. The van der Waals surface area contributed by atoms with Crippen LogP contribution in [-0.2, 0) is 10.8 Å². The fraction of sp³-hybridized carbons (Fsp3) is 0.667. The van der Waals surface area contributed by atoms with Gasteiger partial charge in [0.2, 0.25) is 0 Å². The predicted octanol–water partition coefficient (Wildman–Crippen LogP) is 3.52. The molecule has 0 aliphatic heterocycles. The van der Waals surface area contributed by atoms with Crippen LogP contribution in [0.1, 0.15) is 55.3 Å². The van der Waals surface area contributed by atoms with Crippen molar-refractivity contribution in [2.24, 2.45) is 17.1 Å². The number of carbonyl (C=O) groups is 1. The lowest BCUT2D eigenvalue weighted by atomic mass is 9.62. The third-order valence-corrected chi connectivity index (χ3v) is 7.73. The summed E-state index contributed by atoms with van der Waals surface area (Å²) >= 11 is 6.26. The number of hydrogen-bond acceptors (Lipinski definition) is 4. The third-order valence-electron chi connectivity index (χ3n) is 6.09. The molecule has 2 aliphatic rings. The van der Waals surface area contributed by atoms with Gasteiger partial charge in [0.05, 0.1) is 22.9 Å². The van der Waals surface area contributed by atoms with Crippen LogP contribution in [0.15, 0.2) is 18.2 Å². The second kappa shape index (κ2) is 10.1. The Morgan fingerprint density at radius 2 is 2.04 bits per heavy atom. The van der Waals surface area contributed by atoms with Crippen molar-refractivity contribution in [1.29, 1.82) is 0 Å². The van der Waals surface area contributed by atoms with Gasteiger partial charge in [-0.1, -0.05) is 37.3 Å². The highest BCUT2D eigenvalue weighted by molar-refractivity contribution is 7.85. The van der Waals surface area contributed by atoms with Crippen molar-refractivity contribution < 1.29 is 13.7 Å². The van der Waals surface area contributed by atoms with Gasteiger partial charge in [-0.25, -0.2) is 0 Å². The molecule has 0 spiro atoms. The van der Waals surface area contributed by atoms with Gasteiger partial charge in [-0.15, -0.1) is 0 Å². The maximum Gasteiger partial charge on any atom is 0.252 e. The van der Waals surface area contributed by atoms with Crippen LogP contribution in [0.25, 0.3) is 0 Å². The smallest absolute Gasteiger partial charge is 0.252 e. The average Bonchev–Trinajstić information content (AvgIpc) is 2.68. The lowest BCUT2D eigenvalue weighted by Crippen LogP contribution is -2.43. The van der Waals surface area contributed by atoms with E-state index in [4.69, 9.17) is 22.1 Å². The summed E-state index contributed by atoms with van der Waals surface area (Å²) in [5, 5.41) is 3.55. The molecule has 1 aromatic carbocycles. The Labute approximate surface area is 175 Å². The second-order valence-electron chi connectivity index (χ2n) is 8.16. The number of nitrogens with one attached hydrogen (secondary N) is 1. The molecule has 28 heavy (non-hydrogen) atoms. The number of benzene rings is 1. The SMILES string of the molecule is NCCS(=O)CCOc1ccc(Cl)c(C(=O)NCC23CCCC(CCC2)C3)c1. The second-order valence-corrected chi connectivity index (χ2v) is 10.3. The maximum atomic E-state index is 12.8. The minimum absolute atomic E-state index is 0.149. The van der Waals surface area contributed by atoms with Crippen molar-refractivity contribution >= 4 is 28.3 Å². The first kappa shape index (κ1) is 21.6. The van der Waals surface area contributed by atoms with Crippen molar-refractivity contribution in [2.75, 3.05) is 31.2 Å². The van der Waals surface area contributed by atoms with Crippen LogP contribution in [0.5, 0.6) is 5.75 Å². The van der Waals surface area contributed by atoms with Gasteiger partial charge in [-0.2, -0.15) is 0 Å². The van der Waals surface area contributed by atoms with Gasteiger partial charge in [0.15, 0.2) is 0 Å². The minimum Gasteiger partial charge on any atom is -0.493 e. The zero-order valence-corrected chi connectivity index (χ0v) is 18.0. The largest absolute Gasteiger partial charge is 0.493 e. The number of hydrogen-bond donors (Lipinski definition) is 2. The van der Waals surface area contributed by atoms with Crippen molar-refractivity contribution in [3.8, 4) is 5.75 Å². The molecule has 2 fully saturated rings. The Balaban J connectivity index is 1.56. The molecule has 1 atom stereocenters. The van der Waals surface area contributed by atoms with Crippen LogP contribution in [0.4, 0.5) is 0 Å². The molecule has 2 saturated carbocycles. The highest BCUT2D eigenvalue weighted by Gasteiger charge is 2.39. The van der Waals surface area contributed by atoms with E-state index >= 15 is 0 Å². The van der Waals surface area contributed by atoms with Crippen LogP contribution in [-0.4, -0.2) is 41.3 Å². The molecule has 0 aromatic heterocycles. The topological polar surface area (TPSA) is 81.4 Å². The molecule has 0 radical (unpaired) electrons. The molecule has 2 aliphatic carbocycles. The highest BCUT2D eigenvalue weighted by atomic mass is 35.5. The van der Waals surface area contributed by atoms with Crippen LogP contribution in [0.3, 0.4) is 0 Å². The summed E-state index contributed by atoms with van der Waals surface area (Å²) in [6, 6.07) is 5.08. The lowest BCUT2D eigenvalue weighted by molar-refractivity contribution is 0.0681. The minimum atomic E-state index is -0.977. The van der Waals surface area contributed by atoms with E-state index in [0.717, 1.165) is 12.5 Å².